The summed E-state index contributed by atoms with van der Waals surface area (Å²) in [4.78, 5) is 25.3. The minimum Gasteiger partial charge on any atom is -0.508 e. The van der Waals surface area contributed by atoms with Crippen LogP contribution < -0.4 is 5.32 Å². The number of fused-ring (bicyclic) bond motifs is 2. The maximum absolute atomic E-state index is 12.1. The van der Waals surface area contributed by atoms with Gasteiger partial charge in [-0.05, 0) is 37.0 Å². The first-order chi connectivity index (χ1) is 13.5. The number of phenolic OH excluding ortho intramolecular Hbond substituents is 1. The molecule has 0 spiro atoms. The zero-order chi connectivity index (χ0) is 19.7. The predicted molar refractivity (Wildman–Crippen MR) is 102 cm³/mol. The van der Waals surface area contributed by atoms with Crippen LogP contribution in [-0.2, 0) is 33.6 Å². The van der Waals surface area contributed by atoms with Crippen molar-refractivity contribution >= 4 is 39.2 Å². The Bertz CT molecular complexity index is 1120. The lowest BCUT2D eigenvalue weighted by Gasteiger charge is -2.06. The van der Waals surface area contributed by atoms with Crippen molar-refractivity contribution in [2.45, 2.75) is 25.7 Å². The summed E-state index contributed by atoms with van der Waals surface area (Å²) < 4.78 is 10.4. The number of carbonyl (C=O) groups excluding carboxylic acids is 2. The number of nitriles is 1. The van der Waals surface area contributed by atoms with E-state index in [4.69, 9.17) is 9.15 Å². The fourth-order valence-electron chi connectivity index (χ4n) is 3.33. The van der Waals surface area contributed by atoms with Gasteiger partial charge in [-0.25, -0.2) is 0 Å². The summed E-state index contributed by atoms with van der Waals surface area (Å²) in [6, 6.07) is 6.78. The van der Waals surface area contributed by atoms with Crippen LogP contribution in [-0.4, -0.2) is 23.6 Å². The van der Waals surface area contributed by atoms with Gasteiger partial charge in [0.05, 0.1) is 18.2 Å². The fourth-order valence-corrected chi connectivity index (χ4v) is 4.59. The summed E-state index contributed by atoms with van der Waals surface area (Å²) in [7, 11) is 0. The van der Waals surface area contributed by atoms with Gasteiger partial charge in [-0.3, -0.25) is 9.59 Å². The van der Waals surface area contributed by atoms with Gasteiger partial charge in [-0.1, -0.05) is 0 Å². The molecule has 2 heterocycles. The number of carbonyl (C=O) groups is 2. The van der Waals surface area contributed by atoms with Gasteiger partial charge in [-0.15, -0.1) is 11.3 Å². The normalized spacial score (nSPS) is 12.5. The molecule has 1 aliphatic rings. The van der Waals surface area contributed by atoms with Gasteiger partial charge < -0.3 is 19.6 Å². The molecule has 2 aromatic heterocycles. The lowest BCUT2D eigenvalue weighted by atomic mass is 10.1. The number of aromatic hydroxyl groups is 1. The number of aryl methyl sites for hydroxylation is 1. The van der Waals surface area contributed by atoms with E-state index in [0.29, 0.717) is 27.1 Å². The van der Waals surface area contributed by atoms with E-state index >= 15 is 0 Å². The van der Waals surface area contributed by atoms with Crippen molar-refractivity contribution in [1.29, 1.82) is 5.26 Å². The number of benzene rings is 1. The van der Waals surface area contributed by atoms with Crippen LogP contribution >= 0.6 is 11.3 Å². The number of ether oxygens (including phenoxy) is 1. The smallest absolute Gasteiger partial charge is 0.310 e. The lowest BCUT2D eigenvalue weighted by molar-refractivity contribution is -0.146. The van der Waals surface area contributed by atoms with Crippen LogP contribution in [0, 0.1) is 11.3 Å². The van der Waals surface area contributed by atoms with E-state index in [2.05, 4.69) is 11.4 Å². The molecule has 1 aromatic carbocycles. The highest BCUT2D eigenvalue weighted by Gasteiger charge is 2.23. The standard InChI is InChI=1S/C20H16N2O5S/c21-8-15-14-2-1-3-17(14)28-20(15)22-18(24)10-27-19(25)6-11-9-26-16-7-12(23)4-5-13(11)16/h4-5,7,9,23H,1-3,6,10H2,(H,22,24). The van der Waals surface area contributed by atoms with Crippen molar-refractivity contribution in [3.05, 3.63) is 46.0 Å². The summed E-state index contributed by atoms with van der Waals surface area (Å²) in [5.41, 5.74) is 2.63. The van der Waals surface area contributed by atoms with Crippen molar-refractivity contribution in [2.24, 2.45) is 0 Å². The third kappa shape index (κ3) is 3.44. The van der Waals surface area contributed by atoms with Gasteiger partial charge in [0.15, 0.2) is 6.61 Å². The van der Waals surface area contributed by atoms with Crippen LogP contribution in [0.2, 0.25) is 0 Å². The van der Waals surface area contributed by atoms with Gasteiger partial charge >= 0.3 is 5.97 Å². The zero-order valence-corrected chi connectivity index (χ0v) is 15.6. The Labute approximate surface area is 164 Å². The number of nitrogens with one attached hydrogen (secondary N) is 1. The molecule has 0 fully saturated rings. The van der Waals surface area contributed by atoms with Crippen LogP contribution in [0.3, 0.4) is 0 Å². The Balaban J connectivity index is 1.35. The number of rotatable bonds is 5. The second kappa shape index (κ2) is 7.37. The Morgan fingerprint density at radius 3 is 3.04 bits per heavy atom. The monoisotopic (exact) mass is 396 g/mol. The molecule has 1 amide bonds. The zero-order valence-electron chi connectivity index (χ0n) is 14.8. The van der Waals surface area contributed by atoms with Crippen LogP contribution in [0.1, 0.15) is 28.0 Å². The minimum atomic E-state index is -0.569. The van der Waals surface area contributed by atoms with E-state index in [1.54, 1.807) is 6.07 Å². The summed E-state index contributed by atoms with van der Waals surface area (Å²) >= 11 is 1.41. The molecule has 0 atom stereocenters. The van der Waals surface area contributed by atoms with E-state index in [9.17, 15) is 20.0 Å². The van der Waals surface area contributed by atoms with Crippen molar-refractivity contribution in [3.63, 3.8) is 0 Å². The lowest BCUT2D eigenvalue weighted by Crippen LogP contribution is -2.21. The molecule has 0 saturated carbocycles. The molecule has 0 radical (unpaired) electrons. The number of hydrogen-bond acceptors (Lipinski definition) is 7. The van der Waals surface area contributed by atoms with Gasteiger partial charge in [-0.2, -0.15) is 5.26 Å². The third-order valence-corrected chi connectivity index (χ3v) is 5.83. The van der Waals surface area contributed by atoms with Crippen LogP contribution in [0.25, 0.3) is 11.0 Å². The molecule has 1 aliphatic carbocycles. The number of phenols is 1. The Morgan fingerprint density at radius 1 is 1.36 bits per heavy atom. The largest absolute Gasteiger partial charge is 0.508 e. The Morgan fingerprint density at radius 2 is 2.21 bits per heavy atom. The quantitative estimate of drug-likeness (QED) is 0.640. The summed E-state index contributed by atoms with van der Waals surface area (Å²) in [6.07, 6.45) is 4.19. The molecule has 7 nitrogen and oxygen atoms in total. The van der Waals surface area contributed by atoms with E-state index in [-0.39, 0.29) is 12.2 Å². The van der Waals surface area contributed by atoms with E-state index < -0.39 is 18.5 Å². The number of thiophene rings is 1. The van der Waals surface area contributed by atoms with Crippen molar-refractivity contribution < 1.29 is 23.8 Å². The number of furan rings is 1. The maximum Gasteiger partial charge on any atom is 0.310 e. The van der Waals surface area contributed by atoms with Crippen LogP contribution in [0.15, 0.2) is 28.9 Å². The van der Waals surface area contributed by atoms with Gasteiger partial charge in [0.2, 0.25) is 0 Å². The van der Waals surface area contributed by atoms with E-state index in [0.717, 1.165) is 29.7 Å². The highest BCUT2D eigenvalue weighted by molar-refractivity contribution is 7.16. The topological polar surface area (TPSA) is 113 Å². The molecule has 8 heteroatoms. The van der Waals surface area contributed by atoms with E-state index in [1.807, 2.05) is 0 Å². The Hall–Kier alpha value is -3.31. The summed E-state index contributed by atoms with van der Waals surface area (Å²) in [5, 5.41) is 22.7. The van der Waals surface area contributed by atoms with Gasteiger partial charge in [0, 0.05) is 21.9 Å². The third-order valence-electron chi connectivity index (χ3n) is 4.62. The molecule has 3 aromatic rings. The van der Waals surface area contributed by atoms with Crippen LogP contribution in [0.5, 0.6) is 5.75 Å². The molecular formula is C20H16N2O5S. The molecule has 0 saturated heterocycles. The number of amides is 1. The average molecular weight is 396 g/mol. The fraction of sp³-hybridized carbons (Fsp3) is 0.250. The SMILES string of the molecule is N#Cc1c(NC(=O)COC(=O)Cc2coc3cc(O)ccc23)sc2c1CCC2. The van der Waals surface area contributed by atoms with Gasteiger partial charge in [0.1, 0.15) is 22.4 Å². The maximum atomic E-state index is 12.1. The summed E-state index contributed by atoms with van der Waals surface area (Å²) in [5.74, 6) is -0.976. The summed E-state index contributed by atoms with van der Waals surface area (Å²) in [6.45, 7) is -0.428. The molecule has 2 N–H and O–H groups in total. The van der Waals surface area contributed by atoms with Crippen LogP contribution in [0.4, 0.5) is 5.00 Å². The molecular weight excluding hydrogens is 380 g/mol. The predicted octanol–water partition coefficient (Wildman–Crippen LogP) is 3.28. The molecule has 0 aliphatic heterocycles. The van der Waals surface area contributed by atoms with E-state index in [1.165, 1.54) is 29.7 Å². The number of hydrogen-bond donors (Lipinski definition) is 2. The second-order valence-corrected chi connectivity index (χ2v) is 7.61. The number of nitrogens with zero attached hydrogens (tertiary/aromatic N) is 1. The first-order valence-electron chi connectivity index (χ1n) is 8.74. The first kappa shape index (κ1) is 18.1. The highest BCUT2D eigenvalue weighted by Crippen LogP contribution is 2.38. The van der Waals surface area contributed by atoms with Crippen molar-refractivity contribution in [1.82, 2.24) is 0 Å². The highest BCUT2D eigenvalue weighted by atomic mass is 32.1. The Kier molecular flexibility index (Phi) is 4.75. The average Bonchev–Trinajstić information content (AvgIpc) is 3.34. The van der Waals surface area contributed by atoms with Crippen molar-refractivity contribution in [2.75, 3.05) is 11.9 Å². The molecule has 0 unspecified atom stereocenters. The molecule has 4 rings (SSSR count). The molecule has 142 valence electrons. The second-order valence-electron chi connectivity index (χ2n) is 6.50. The molecule has 0 bridgehead atoms. The minimum absolute atomic E-state index is 0.0538. The first-order valence-corrected chi connectivity index (χ1v) is 9.56. The number of anilines is 1. The van der Waals surface area contributed by atoms with Gasteiger partial charge in [0.25, 0.3) is 5.91 Å². The van der Waals surface area contributed by atoms with Crippen molar-refractivity contribution in [3.8, 4) is 11.8 Å². The number of esters is 1. The molecule has 28 heavy (non-hydrogen) atoms.